The summed E-state index contributed by atoms with van der Waals surface area (Å²) in [7, 11) is 0. The molecule has 0 atom stereocenters. The summed E-state index contributed by atoms with van der Waals surface area (Å²) in [5, 5.41) is 0. The van der Waals surface area contributed by atoms with Gasteiger partial charge in [0.15, 0.2) is 0 Å². The van der Waals surface area contributed by atoms with E-state index in [9.17, 15) is 0 Å². The zero-order valence-corrected chi connectivity index (χ0v) is 12.9. The van der Waals surface area contributed by atoms with Crippen molar-refractivity contribution < 1.29 is 0 Å². The Morgan fingerprint density at radius 2 is 0.773 bits per heavy atom. The molecule has 2 aromatic rings. The van der Waals surface area contributed by atoms with Gasteiger partial charge in [0.1, 0.15) is 0 Å². The van der Waals surface area contributed by atoms with Crippen LogP contribution in [0.2, 0.25) is 0 Å². The topological polar surface area (TPSA) is 0 Å². The molecule has 0 aliphatic heterocycles. The fraction of sp³-hybridized carbons (Fsp3) is 0.455. The molecule has 0 aliphatic rings. The standard InChI is InChI=1S/C15H16.2C2H6.3CH4/c1-3-8-14(9-4-1)12-7-13-15-10-5-2-6-11-15;2*1-2;;;/h1-6,8-11H,7,12-13H2;2*1-2H3;3*1H4. The average molecular weight is 305 g/mol. The van der Waals surface area contributed by atoms with E-state index in [1.807, 2.05) is 27.7 Å². The Morgan fingerprint density at radius 3 is 1.05 bits per heavy atom. The fourth-order valence-electron chi connectivity index (χ4n) is 1.79. The summed E-state index contributed by atoms with van der Waals surface area (Å²) in [6.07, 6.45) is 3.58. The number of hydrogen-bond donors (Lipinski definition) is 0. The van der Waals surface area contributed by atoms with Gasteiger partial charge in [0.2, 0.25) is 0 Å². The van der Waals surface area contributed by atoms with Crippen LogP contribution in [-0.4, -0.2) is 0 Å². The van der Waals surface area contributed by atoms with E-state index in [0.29, 0.717) is 0 Å². The maximum Gasteiger partial charge on any atom is -0.0276 e. The van der Waals surface area contributed by atoms with E-state index in [2.05, 4.69) is 60.7 Å². The van der Waals surface area contributed by atoms with Crippen molar-refractivity contribution >= 4 is 0 Å². The van der Waals surface area contributed by atoms with Gasteiger partial charge in [-0.15, -0.1) is 0 Å². The highest BCUT2D eigenvalue weighted by atomic mass is 14.0. The lowest BCUT2D eigenvalue weighted by Crippen LogP contribution is -1.89. The van der Waals surface area contributed by atoms with E-state index in [1.165, 1.54) is 30.4 Å². The summed E-state index contributed by atoms with van der Waals surface area (Å²) < 4.78 is 0. The van der Waals surface area contributed by atoms with E-state index in [0.717, 1.165) is 0 Å². The quantitative estimate of drug-likeness (QED) is 0.540. The molecule has 128 valence electrons. The second-order valence-electron chi connectivity index (χ2n) is 3.82. The molecule has 0 spiro atoms. The van der Waals surface area contributed by atoms with Gasteiger partial charge < -0.3 is 0 Å². The highest BCUT2D eigenvalue weighted by Gasteiger charge is 1.93. The summed E-state index contributed by atoms with van der Waals surface area (Å²) >= 11 is 0. The molecule has 22 heavy (non-hydrogen) atoms. The van der Waals surface area contributed by atoms with Gasteiger partial charge in [-0.05, 0) is 30.4 Å². The largest absolute Gasteiger partial charge is 0.0776 e. The average Bonchev–Trinajstić information content (AvgIpc) is 2.53. The molecule has 0 N–H and O–H groups in total. The van der Waals surface area contributed by atoms with Crippen molar-refractivity contribution in [2.24, 2.45) is 0 Å². The third-order valence-corrected chi connectivity index (χ3v) is 2.62. The lowest BCUT2D eigenvalue weighted by molar-refractivity contribution is 0.821. The van der Waals surface area contributed by atoms with E-state index in [1.54, 1.807) is 0 Å². The molecule has 0 aromatic heterocycles. The minimum Gasteiger partial charge on any atom is -0.0776 e. The Labute approximate surface area is 141 Å². The zero-order valence-electron chi connectivity index (χ0n) is 12.9. The maximum atomic E-state index is 2.20. The van der Waals surface area contributed by atoms with Crippen LogP contribution in [0.15, 0.2) is 60.7 Å². The lowest BCUT2D eigenvalue weighted by Gasteiger charge is -2.01. The van der Waals surface area contributed by atoms with Gasteiger partial charge in [0, 0.05) is 0 Å². The first kappa shape index (κ1) is 28.6. The summed E-state index contributed by atoms with van der Waals surface area (Å²) in [5.74, 6) is 0. The van der Waals surface area contributed by atoms with Gasteiger partial charge in [0.25, 0.3) is 0 Å². The Morgan fingerprint density at radius 1 is 0.500 bits per heavy atom. The zero-order chi connectivity index (χ0) is 14.3. The number of benzene rings is 2. The molecular weight excluding hydrogens is 264 g/mol. The summed E-state index contributed by atoms with van der Waals surface area (Å²) in [5.41, 5.74) is 2.88. The molecular formula is C22H40. The van der Waals surface area contributed by atoms with Crippen molar-refractivity contribution in [2.45, 2.75) is 69.2 Å². The normalized spacial score (nSPS) is 7.45. The molecule has 0 nitrogen and oxygen atoms in total. The van der Waals surface area contributed by atoms with E-state index in [4.69, 9.17) is 0 Å². The SMILES string of the molecule is C.C.C.CC.CC.c1ccc(CCCc2ccccc2)cc1. The van der Waals surface area contributed by atoms with Crippen molar-refractivity contribution in [1.29, 1.82) is 0 Å². The van der Waals surface area contributed by atoms with Crippen LogP contribution in [0, 0.1) is 0 Å². The Kier molecular flexibility index (Phi) is 28.2. The van der Waals surface area contributed by atoms with Gasteiger partial charge in [-0.1, -0.05) is 111 Å². The van der Waals surface area contributed by atoms with Gasteiger partial charge in [-0.25, -0.2) is 0 Å². The second kappa shape index (κ2) is 21.7. The summed E-state index contributed by atoms with van der Waals surface area (Å²) in [6.45, 7) is 8.00. The fourth-order valence-corrected chi connectivity index (χ4v) is 1.79. The van der Waals surface area contributed by atoms with Crippen molar-refractivity contribution in [3.05, 3.63) is 71.8 Å². The van der Waals surface area contributed by atoms with Crippen molar-refractivity contribution in [3.8, 4) is 0 Å². The highest BCUT2D eigenvalue weighted by Crippen LogP contribution is 2.07. The number of hydrogen-bond acceptors (Lipinski definition) is 0. The van der Waals surface area contributed by atoms with Gasteiger partial charge in [0.05, 0.1) is 0 Å². The highest BCUT2D eigenvalue weighted by molar-refractivity contribution is 5.17. The number of rotatable bonds is 4. The molecule has 0 radical (unpaired) electrons. The lowest BCUT2D eigenvalue weighted by atomic mass is 10.0. The Balaban J connectivity index is -0.000000215. The molecule has 0 saturated heterocycles. The van der Waals surface area contributed by atoms with Crippen molar-refractivity contribution in [1.82, 2.24) is 0 Å². The predicted octanol–water partition coefficient (Wildman–Crippen LogP) is 7.82. The molecule has 0 saturated carbocycles. The van der Waals surface area contributed by atoms with Crippen LogP contribution in [-0.2, 0) is 12.8 Å². The summed E-state index contributed by atoms with van der Waals surface area (Å²) in [6, 6.07) is 21.4. The number of aryl methyl sites for hydroxylation is 2. The molecule has 0 fully saturated rings. The molecule has 0 unspecified atom stereocenters. The van der Waals surface area contributed by atoms with Crippen LogP contribution in [0.25, 0.3) is 0 Å². The first-order valence-electron chi connectivity index (χ1n) is 7.53. The van der Waals surface area contributed by atoms with Crippen LogP contribution in [0.3, 0.4) is 0 Å². The summed E-state index contributed by atoms with van der Waals surface area (Å²) in [4.78, 5) is 0. The van der Waals surface area contributed by atoms with Crippen LogP contribution < -0.4 is 0 Å². The third-order valence-electron chi connectivity index (χ3n) is 2.62. The minimum absolute atomic E-state index is 0. The van der Waals surface area contributed by atoms with E-state index in [-0.39, 0.29) is 22.3 Å². The predicted molar refractivity (Wildman–Crippen MR) is 108 cm³/mol. The Bertz CT molecular complexity index is 336. The molecule has 0 aliphatic carbocycles. The molecule has 0 heteroatoms. The first-order valence-corrected chi connectivity index (χ1v) is 7.53. The van der Waals surface area contributed by atoms with Crippen LogP contribution in [0.5, 0.6) is 0 Å². The third kappa shape index (κ3) is 13.4. The molecule has 0 amide bonds. The van der Waals surface area contributed by atoms with Gasteiger partial charge in [-0.2, -0.15) is 0 Å². The molecule has 2 rings (SSSR count). The van der Waals surface area contributed by atoms with E-state index < -0.39 is 0 Å². The van der Waals surface area contributed by atoms with Gasteiger partial charge in [-0.3, -0.25) is 0 Å². The smallest absolute Gasteiger partial charge is 0.0276 e. The molecule has 2 aromatic carbocycles. The van der Waals surface area contributed by atoms with Crippen molar-refractivity contribution in [2.75, 3.05) is 0 Å². The van der Waals surface area contributed by atoms with Crippen LogP contribution in [0.4, 0.5) is 0 Å². The Hall–Kier alpha value is -1.56. The monoisotopic (exact) mass is 304 g/mol. The molecule has 0 heterocycles. The maximum absolute atomic E-state index is 2.20. The van der Waals surface area contributed by atoms with Crippen LogP contribution in [0.1, 0.15) is 67.5 Å². The first-order chi connectivity index (χ1) is 9.45. The minimum atomic E-state index is 0. The molecule has 0 bridgehead atoms. The second-order valence-corrected chi connectivity index (χ2v) is 3.82. The van der Waals surface area contributed by atoms with Crippen LogP contribution >= 0.6 is 0 Å². The van der Waals surface area contributed by atoms with E-state index >= 15 is 0 Å². The van der Waals surface area contributed by atoms with Gasteiger partial charge >= 0.3 is 0 Å². The van der Waals surface area contributed by atoms with Crippen molar-refractivity contribution in [3.63, 3.8) is 0 Å².